The molecule has 1 saturated heterocycles. The van der Waals surface area contributed by atoms with Crippen LogP contribution in [0.2, 0.25) is 0 Å². The maximum Gasteiger partial charge on any atom is 0.269 e. The molecule has 0 radical (unpaired) electrons. The number of aliphatic hydroxyl groups excluding tert-OH is 1. The molecule has 0 unspecified atom stereocenters. The fraction of sp³-hybridized carbons (Fsp3) is 0.500. The van der Waals surface area contributed by atoms with Crippen molar-refractivity contribution in [3.8, 4) is 0 Å². The number of aromatic nitrogens is 2. The normalized spacial score (nSPS) is 18.8. The molecule has 0 spiro atoms. The molecule has 0 saturated carbocycles. The number of hydrogen-bond donors (Lipinski definition) is 1. The van der Waals surface area contributed by atoms with Gasteiger partial charge in [0.25, 0.3) is 5.69 Å². The number of nitro groups is 1. The number of likely N-dealkylation sites (tertiary alicyclic amines) is 1. The highest BCUT2D eigenvalue weighted by Crippen LogP contribution is 2.33. The fourth-order valence-electron chi connectivity index (χ4n) is 3.60. The average Bonchev–Trinajstić information content (AvgIpc) is 3.06. The summed E-state index contributed by atoms with van der Waals surface area (Å²) in [5.74, 6) is 0.903. The summed E-state index contributed by atoms with van der Waals surface area (Å²) in [4.78, 5) is 17.2. The van der Waals surface area contributed by atoms with E-state index in [1.165, 1.54) is 6.07 Å². The van der Waals surface area contributed by atoms with Crippen LogP contribution in [-0.2, 0) is 7.05 Å². The first-order valence-electron chi connectivity index (χ1n) is 8.61. The monoisotopic (exact) mass is 344 g/mol. The van der Waals surface area contributed by atoms with Crippen molar-refractivity contribution in [2.75, 3.05) is 13.1 Å². The van der Waals surface area contributed by atoms with Gasteiger partial charge >= 0.3 is 0 Å². The Morgan fingerprint density at radius 1 is 1.36 bits per heavy atom. The van der Waals surface area contributed by atoms with Crippen molar-refractivity contribution in [2.24, 2.45) is 13.0 Å². The molecule has 1 aliphatic heterocycles. The molecule has 1 aliphatic rings. The van der Waals surface area contributed by atoms with Gasteiger partial charge in [-0.05, 0) is 44.3 Å². The van der Waals surface area contributed by atoms with E-state index in [4.69, 9.17) is 0 Å². The quantitative estimate of drug-likeness (QED) is 0.666. The second kappa shape index (κ2) is 7.33. The van der Waals surface area contributed by atoms with E-state index in [2.05, 4.69) is 16.8 Å². The van der Waals surface area contributed by atoms with Crippen molar-refractivity contribution in [1.82, 2.24) is 14.5 Å². The molecule has 2 heterocycles. The zero-order valence-electron chi connectivity index (χ0n) is 14.6. The van der Waals surface area contributed by atoms with Crippen molar-refractivity contribution < 1.29 is 10.0 Å². The van der Waals surface area contributed by atoms with Gasteiger partial charge in [0.15, 0.2) is 0 Å². The lowest BCUT2D eigenvalue weighted by molar-refractivity contribution is -0.385. The molecule has 1 N–H and O–H groups in total. The summed E-state index contributed by atoms with van der Waals surface area (Å²) >= 11 is 0. The van der Waals surface area contributed by atoms with Gasteiger partial charge in [0.1, 0.15) is 11.9 Å². The Morgan fingerprint density at radius 3 is 2.68 bits per heavy atom. The topological polar surface area (TPSA) is 84.4 Å². The highest BCUT2D eigenvalue weighted by molar-refractivity contribution is 5.35. The van der Waals surface area contributed by atoms with E-state index in [1.807, 2.05) is 23.9 Å². The Bertz CT molecular complexity index is 737. The number of aryl methyl sites for hydroxylation is 1. The fourth-order valence-corrected chi connectivity index (χ4v) is 3.60. The second-order valence-electron chi connectivity index (χ2n) is 6.74. The molecule has 134 valence electrons. The molecular formula is C18H24N4O3. The standard InChI is InChI=1S/C18H24N4O3/c1-13(15-4-3-5-16(12-15)22(24)25)21-9-6-14(7-10-21)17(23)18-19-8-11-20(18)2/h3-5,8,11-14,17,23H,6-7,9-10H2,1-2H3/t13-,17-/m0/s1. The smallest absolute Gasteiger partial charge is 0.269 e. The van der Waals surface area contributed by atoms with E-state index in [-0.39, 0.29) is 22.6 Å². The molecule has 0 amide bonds. The first-order valence-corrected chi connectivity index (χ1v) is 8.61. The number of benzene rings is 1. The largest absolute Gasteiger partial charge is 0.385 e. The molecule has 2 aromatic rings. The van der Waals surface area contributed by atoms with Crippen LogP contribution in [0.1, 0.15) is 43.3 Å². The highest BCUT2D eigenvalue weighted by Gasteiger charge is 2.30. The van der Waals surface area contributed by atoms with Gasteiger partial charge in [0.05, 0.1) is 4.92 Å². The Labute approximate surface area is 147 Å². The van der Waals surface area contributed by atoms with E-state index in [0.717, 1.165) is 31.5 Å². The highest BCUT2D eigenvalue weighted by atomic mass is 16.6. The van der Waals surface area contributed by atoms with Gasteiger partial charge in [-0.15, -0.1) is 0 Å². The number of rotatable bonds is 5. The van der Waals surface area contributed by atoms with Crippen LogP contribution in [0.15, 0.2) is 36.7 Å². The lowest BCUT2D eigenvalue weighted by Gasteiger charge is -2.37. The van der Waals surface area contributed by atoms with Gasteiger partial charge in [0, 0.05) is 37.6 Å². The summed E-state index contributed by atoms with van der Waals surface area (Å²) in [6, 6.07) is 6.96. The van der Waals surface area contributed by atoms with Gasteiger partial charge < -0.3 is 9.67 Å². The molecule has 3 rings (SSSR count). The molecule has 1 fully saturated rings. The lowest BCUT2D eigenvalue weighted by atomic mass is 9.89. The van der Waals surface area contributed by atoms with E-state index in [1.54, 1.807) is 18.3 Å². The molecule has 7 heteroatoms. The molecule has 25 heavy (non-hydrogen) atoms. The van der Waals surface area contributed by atoms with E-state index >= 15 is 0 Å². The van der Waals surface area contributed by atoms with Crippen molar-refractivity contribution in [2.45, 2.75) is 31.9 Å². The average molecular weight is 344 g/mol. The Kier molecular flexibility index (Phi) is 5.15. The third-order valence-corrected chi connectivity index (χ3v) is 5.25. The first-order chi connectivity index (χ1) is 12.0. The zero-order valence-corrected chi connectivity index (χ0v) is 14.6. The Morgan fingerprint density at radius 2 is 2.08 bits per heavy atom. The van der Waals surface area contributed by atoms with Crippen LogP contribution in [0.4, 0.5) is 5.69 Å². The number of hydrogen-bond acceptors (Lipinski definition) is 5. The number of non-ortho nitro benzene ring substituents is 1. The SMILES string of the molecule is C[C@@H](c1cccc([N+](=O)[O-])c1)N1CCC([C@H](O)c2nccn2C)CC1. The summed E-state index contributed by atoms with van der Waals surface area (Å²) in [7, 11) is 1.89. The molecule has 1 aromatic carbocycles. The summed E-state index contributed by atoms with van der Waals surface area (Å²) in [6.45, 7) is 3.79. The summed E-state index contributed by atoms with van der Waals surface area (Å²) in [6.07, 6.45) is 4.77. The van der Waals surface area contributed by atoms with Crippen molar-refractivity contribution >= 4 is 5.69 Å². The van der Waals surface area contributed by atoms with E-state index in [0.29, 0.717) is 5.82 Å². The Balaban J connectivity index is 1.63. The van der Waals surface area contributed by atoms with Gasteiger partial charge in [-0.2, -0.15) is 0 Å². The number of piperidine rings is 1. The molecular weight excluding hydrogens is 320 g/mol. The molecule has 1 aromatic heterocycles. The van der Waals surface area contributed by atoms with E-state index in [9.17, 15) is 15.2 Å². The first kappa shape index (κ1) is 17.6. The van der Waals surface area contributed by atoms with Crippen LogP contribution in [0.3, 0.4) is 0 Å². The summed E-state index contributed by atoms with van der Waals surface area (Å²) in [5.41, 5.74) is 1.08. The predicted molar refractivity (Wildman–Crippen MR) is 94.0 cm³/mol. The second-order valence-corrected chi connectivity index (χ2v) is 6.74. The van der Waals surface area contributed by atoms with Gasteiger partial charge in [0.2, 0.25) is 0 Å². The zero-order chi connectivity index (χ0) is 18.0. The minimum atomic E-state index is -0.546. The third kappa shape index (κ3) is 3.72. The number of imidazole rings is 1. The van der Waals surface area contributed by atoms with Crippen LogP contribution >= 0.6 is 0 Å². The molecule has 0 bridgehead atoms. The maximum atomic E-state index is 11.0. The van der Waals surface area contributed by atoms with Crippen molar-refractivity contribution in [3.63, 3.8) is 0 Å². The van der Waals surface area contributed by atoms with Gasteiger partial charge in [-0.25, -0.2) is 4.98 Å². The van der Waals surface area contributed by atoms with Crippen molar-refractivity contribution in [3.05, 3.63) is 58.2 Å². The summed E-state index contributed by atoms with van der Waals surface area (Å²) in [5, 5.41) is 21.5. The van der Waals surface area contributed by atoms with Crippen LogP contribution < -0.4 is 0 Å². The van der Waals surface area contributed by atoms with Crippen LogP contribution in [-0.4, -0.2) is 37.6 Å². The summed E-state index contributed by atoms with van der Waals surface area (Å²) < 4.78 is 1.86. The van der Waals surface area contributed by atoms with Crippen LogP contribution in [0.5, 0.6) is 0 Å². The van der Waals surface area contributed by atoms with Crippen molar-refractivity contribution in [1.29, 1.82) is 0 Å². The lowest BCUT2D eigenvalue weighted by Crippen LogP contribution is -2.37. The molecule has 2 atom stereocenters. The Hall–Kier alpha value is -2.25. The van der Waals surface area contributed by atoms with Crippen LogP contribution in [0.25, 0.3) is 0 Å². The third-order valence-electron chi connectivity index (χ3n) is 5.25. The van der Waals surface area contributed by atoms with E-state index < -0.39 is 6.10 Å². The number of nitro benzene ring substituents is 1. The minimum absolute atomic E-state index is 0.117. The minimum Gasteiger partial charge on any atom is -0.385 e. The number of nitrogens with zero attached hydrogens (tertiary/aromatic N) is 4. The molecule has 7 nitrogen and oxygen atoms in total. The van der Waals surface area contributed by atoms with Crippen LogP contribution in [0, 0.1) is 16.0 Å². The predicted octanol–water partition coefficient (Wildman–Crippen LogP) is 2.83. The van der Waals surface area contributed by atoms with Gasteiger partial charge in [-0.1, -0.05) is 12.1 Å². The molecule has 0 aliphatic carbocycles. The number of aliphatic hydroxyl groups is 1. The van der Waals surface area contributed by atoms with Gasteiger partial charge in [-0.3, -0.25) is 15.0 Å². The maximum absolute atomic E-state index is 11.0.